The number of benzene rings is 1. The molecule has 1 aromatic carbocycles. The summed E-state index contributed by atoms with van der Waals surface area (Å²) in [5.74, 6) is 1.70. The molecular weight excluding hydrogens is 318 g/mol. The van der Waals surface area contributed by atoms with Gasteiger partial charge in [-0.25, -0.2) is 4.98 Å². The number of carbonyl (C=O) groups is 1. The van der Waals surface area contributed by atoms with Gasteiger partial charge in [-0.15, -0.1) is 0 Å². The first kappa shape index (κ1) is 19.0. The van der Waals surface area contributed by atoms with Gasteiger partial charge in [0.2, 0.25) is 5.76 Å². The van der Waals surface area contributed by atoms with E-state index in [-0.39, 0.29) is 11.8 Å². The van der Waals surface area contributed by atoms with Gasteiger partial charge in [-0.2, -0.15) is 0 Å². The highest BCUT2D eigenvalue weighted by Crippen LogP contribution is 2.17. The van der Waals surface area contributed by atoms with E-state index < -0.39 is 0 Å². The van der Waals surface area contributed by atoms with Crippen molar-refractivity contribution in [2.45, 2.75) is 33.2 Å². The molecule has 0 fully saturated rings. The summed E-state index contributed by atoms with van der Waals surface area (Å²) in [6.45, 7) is 7.85. The number of likely N-dealkylation sites (N-methyl/N-ethyl adjacent to an activating group) is 1. The highest BCUT2D eigenvalue weighted by Gasteiger charge is 2.18. The van der Waals surface area contributed by atoms with Crippen LogP contribution in [-0.4, -0.2) is 43.0 Å². The Morgan fingerprint density at radius 1 is 1.32 bits per heavy atom. The van der Waals surface area contributed by atoms with Crippen molar-refractivity contribution in [3.05, 3.63) is 47.2 Å². The number of rotatable bonds is 8. The topological polar surface area (TPSA) is 67.6 Å². The number of hydrogen-bond acceptors (Lipinski definition) is 5. The molecule has 0 aliphatic carbocycles. The first-order valence-electron chi connectivity index (χ1n) is 8.47. The van der Waals surface area contributed by atoms with E-state index in [2.05, 4.69) is 15.2 Å². The molecule has 1 amide bonds. The van der Waals surface area contributed by atoms with Gasteiger partial charge in [-0.3, -0.25) is 4.79 Å². The lowest BCUT2D eigenvalue weighted by molar-refractivity contribution is 0.0919. The molecule has 0 atom stereocenters. The highest BCUT2D eigenvalue weighted by molar-refractivity contribution is 5.92. The first-order chi connectivity index (χ1) is 11.9. The van der Waals surface area contributed by atoms with Crippen LogP contribution in [0.1, 0.15) is 47.5 Å². The standard InChI is InChI=1S/C19H27N3O3/c1-13(2)19-21-14(3)17(25-19)18(23)20-10-11-22(4)12-15-6-8-16(24-5)9-7-15/h6-9,13H,10-12H2,1-5H3,(H,20,23). The highest BCUT2D eigenvalue weighted by atomic mass is 16.5. The molecule has 6 heteroatoms. The predicted molar refractivity (Wildman–Crippen MR) is 97.0 cm³/mol. The third kappa shape index (κ3) is 5.32. The number of oxazole rings is 1. The lowest BCUT2D eigenvalue weighted by Gasteiger charge is -2.17. The molecule has 0 radical (unpaired) electrons. The fourth-order valence-electron chi connectivity index (χ4n) is 2.44. The van der Waals surface area contributed by atoms with Crippen LogP contribution in [0, 0.1) is 6.92 Å². The average molecular weight is 345 g/mol. The number of hydrogen-bond donors (Lipinski definition) is 1. The largest absolute Gasteiger partial charge is 0.497 e. The molecule has 2 aromatic rings. The number of ether oxygens (including phenoxy) is 1. The van der Waals surface area contributed by atoms with E-state index in [0.717, 1.165) is 18.8 Å². The van der Waals surface area contributed by atoms with Crippen molar-refractivity contribution in [3.8, 4) is 5.75 Å². The van der Waals surface area contributed by atoms with Crippen LogP contribution in [0.25, 0.3) is 0 Å². The Morgan fingerprint density at radius 2 is 2.00 bits per heavy atom. The Bertz CT molecular complexity index is 692. The van der Waals surface area contributed by atoms with Crippen molar-refractivity contribution in [1.29, 1.82) is 0 Å². The number of aryl methyl sites for hydroxylation is 1. The van der Waals surface area contributed by atoms with Crippen LogP contribution in [0.3, 0.4) is 0 Å². The molecule has 0 bridgehead atoms. The minimum absolute atomic E-state index is 0.163. The van der Waals surface area contributed by atoms with Crippen molar-refractivity contribution >= 4 is 5.91 Å². The van der Waals surface area contributed by atoms with Crippen LogP contribution in [0.4, 0.5) is 0 Å². The maximum atomic E-state index is 12.2. The Kier molecular flexibility index (Phi) is 6.58. The number of carbonyl (C=O) groups excluding carboxylic acids is 1. The molecule has 0 saturated carbocycles. The zero-order valence-corrected chi connectivity index (χ0v) is 15.6. The maximum absolute atomic E-state index is 12.2. The van der Waals surface area contributed by atoms with Gasteiger partial charge in [0.1, 0.15) is 5.75 Å². The summed E-state index contributed by atoms with van der Waals surface area (Å²) in [5, 5.41) is 2.89. The fraction of sp³-hybridized carbons (Fsp3) is 0.474. The van der Waals surface area contributed by atoms with Crippen LogP contribution >= 0.6 is 0 Å². The predicted octanol–water partition coefficient (Wildman–Crippen LogP) is 2.98. The Hall–Kier alpha value is -2.34. The van der Waals surface area contributed by atoms with Gasteiger partial charge < -0.3 is 19.4 Å². The molecular formula is C19H27N3O3. The summed E-state index contributed by atoms with van der Waals surface area (Å²) >= 11 is 0. The summed E-state index contributed by atoms with van der Waals surface area (Å²) in [6.07, 6.45) is 0. The molecule has 0 unspecified atom stereocenters. The fourth-order valence-corrected chi connectivity index (χ4v) is 2.44. The van der Waals surface area contributed by atoms with E-state index in [1.165, 1.54) is 5.56 Å². The minimum atomic E-state index is -0.213. The van der Waals surface area contributed by atoms with E-state index in [0.29, 0.717) is 23.9 Å². The molecule has 2 rings (SSSR count). The molecule has 1 aromatic heterocycles. The van der Waals surface area contributed by atoms with Gasteiger partial charge in [-0.05, 0) is 31.7 Å². The summed E-state index contributed by atoms with van der Waals surface area (Å²) in [7, 11) is 3.68. The first-order valence-corrected chi connectivity index (χ1v) is 8.47. The van der Waals surface area contributed by atoms with Crippen molar-refractivity contribution in [2.24, 2.45) is 0 Å². The summed E-state index contributed by atoms with van der Waals surface area (Å²) < 4.78 is 10.7. The van der Waals surface area contributed by atoms with Crippen LogP contribution in [0.15, 0.2) is 28.7 Å². The van der Waals surface area contributed by atoms with E-state index in [9.17, 15) is 4.79 Å². The zero-order valence-electron chi connectivity index (χ0n) is 15.6. The maximum Gasteiger partial charge on any atom is 0.289 e. The third-order valence-electron chi connectivity index (χ3n) is 3.90. The normalized spacial score (nSPS) is 11.2. The monoisotopic (exact) mass is 345 g/mol. The minimum Gasteiger partial charge on any atom is -0.497 e. The second-order valence-electron chi connectivity index (χ2n) is 6.46. The van der Waals surface area contributed by atoms with E-state index in [1.807, 2.05) is 45.2 Å². The van der Waals surface area contributed by atoms with Crippen molar-refractivity contribution in [2.75, 3.05) is 27.2 Å². The second-order valence-corrected chi connectivity index (χ2v) is 6.46. The number of nitrogens with one attached hydrogen (secondary N) is 1. The van der Waals surface area contributed by atoms with Gasteiger partial charge in [0.15, 0.2) is 5.89 Å². The zero-order chi connectivity index (χ0) is 18.4. The van der Waals surface area contributed by atoms with Crippen molar-refractivity contribution in [3.63, 3.8) is 0 Å². The van der Waals surface area contributed by atoms with E-state index >= 15 is 0 Å². The van der Waals surface area contributed by atoms with Gasteiger partial charge in [0, 0.05) is 25.6 Å². The molecule has 0 saturated heterocycles. The van der Waals surface area contributed by atoms with Crippen LogP contribution in [0.5, 0.6) is 5.75 Å². The van der Waals surface area contributed by atoms with Crippen LogP contribution < -0.4 is 10.1 Å². The van der Waals surface area contributed by atoms with E-state index in [1.54, 1.807) is 14.0 Å². The summed E-state index contributed by atoms with van der Waals surface area (Å²) in [5.41, 5.74) is 1.83. The average Bonchev–Trinajstić information content (AvgIpc) is 2.97. The van der Waals surface area contributed by atoms with Gasteiger partial charge in [0.25, 0.3) is 5.91 Å². The molecule has 25 heavy (non-hydrogen) atoms. The van der Waals surface area contributed by atoms with Gasteiger partial charge in [0.05, 0.1) is 12.8 Å². The van der Waals surface area contributed by atoms with E-state index in [4.69, 9.17) is 9.15 Å². The molecule has 1 N–H and O–H groups in total. The van der Waals surface area contributed by atoms with Gasteiger partial charge >= 0.3 is 0 Å². The Morgan fingerprint density at radius 3 is 2.56 bits per heavy atom. The number of nitrogens with zero attached hydrogens (tertiary/aromatic N) is 2. The number of methoxy groups -OCH3 is 1. The smallest absolute Gasteiger partial charge is 0.289 e. The molecule has 0 aliphatic rings. The number of amides is 1. The van der Waals surface area contributed by atoms with Crippen LogP contribution in [-0.2, 0) is 6.54 Å². The lowest BCUT2D eigenvalue weighted by Crippen LogP contribution is -2.32. The summed E-state index contributed by atoms with van der Waals surface area (Å²) in [6, 6.07) is 7.98. The van der Waals surface area contributed by atoms with Gasteiger partial charge in [-0.1, -0.05) is 26.0 Å². The Balaban J connectivity index is 1.80. The quantitative estimate of drug-likeness (QED) is 0.797. The molecule has 1 heterocycles. The molecule has 6 nitrogen and oxygen atoms in total. The van der Waals surface area contributed by atoms with Crippen LogP contribution in [0.2, 0.25) is 0 Å². The summed E-state index contributed by atoms with van der Waals surface area (Å²) in [4.78, 5) is 18.7. The third-order valence-corrected chi connectivity index (χ3v) is 3.90. The second kappa shape index (κ2) is 8.67. The SMILES string of the molecule is COc1ccc(CN(C)CCNC(=O)c2oc(C(C)C)nc2C)cc1. The Labute approximate surface area is 149 Å². The van der Waals surface area contributed by atoms with Crippen molar-refractivity contribution < 1.29 is 13.9 Å². The molecule has 0 spiro atoms. The molecule has 136 valence electrons. The lowest BCUT2D eigenvalue weighted by atomic mass is 10.2. The molecule has 0 aliphatic heterocycles. The van der Waals surface area contributed by atoms with Crippen molar-refractivity contribution in [1.82, 2.24) is 15.2 Å². The number of aromatic nitrogens is 1.